The topological polar surface area (TPSA) is 104 Å². The number of nitrogens with zero attached hydrogens (tertiary/aromatic N) is 6. The summed E-state index contributed by atoms with van der Waals surface area (Å²) in [5.41, 5.74) is 1.68. The SMILES string of the molecule is COc1cccc(N2CC(C(=O)N3CCN(c4ccc(Nc5cccc(C)n5)nn4)CC3)CC2=O)c1. The highest BCUT2D eigenvalue weighted by molar-refractivity contribution is 6.00. The molecular formula is C26H29N7O3. The number of piperazine rings is 1. The van der Waals surface area contributed by atoms with Crippen LogP contribution in [0.1, 0.15) is 12.1 Å². The van der Waals surface area contributed by atoms with Crippen LogP contribution in [0.3, 0.4) is 0 Å². The summed E-state index contributed by atoms with van der Waals surface area (Å²) in [5, 5.41) is 11.8. The van der Waals surface area contributed by atoms with Crippen LogP contribution in [-0.4, -0.2) is 71.7 Å². The van der Waals surface area contributed by atoms with Gasteiger partial charge in [-0.15, -0.1) is 10.2 Å². The lowest BCUT2D eigenvalue weighted by atomic mass is 10.1. The van der Waals surface area contributed by atoms with Crippen molar-refractivity contribution in [2.24, 2.45) is 5.92 Å². The second-order valence-corrected chi connectivity index (χ2v) is 8.99. The average Bonchev–Trinajstić information content (AvgIpc) is 3.30. The Balaban J connectivity index is 1.15. The normalized spacial score (nSPS) is 17.9. The molecule has 0 saturated carbocycles. The van der Waals surface area contributed by atoms with Crippen LogP contribution in [0.25, 0.3) is 0 Å². The summed E-state index contributed by atoms with van der Waals surface area (Å²) in [7, 11) is 1.59. The monoisotopic (exact) mass is 487 g/mol. The summed E-state index contributed by atoms with van der Waals surface area (Å²) in [6, 6.07) is 16.9. The summed E-state index contributed by atoms with van der Waals surface area (Å²) in [5.74, 6) is 2.46. The van der Waals surface area contributed by atoms with Crippen molar-refractivity contribution in [3.05, 3.63) is 60.3 Å². The number of methoxy groups -OCH3 is 1. The number of anilines is 4. The van der Waals surface area contributed by atoms with Crippen molar-refractivity contribution in [1.29, 1.82) is 0 Å². The third-order valence-electron chi connectivity index (χ3n) is 6.55. The molecule has 2 saturated heterocycles. The number of rotatable bonds is 6. The molecule has 10 nitrogen and oxygen atoms in total. The Bertz CT molecular complexity index is 1240. The van der Waals surface area contributed by atoms with Crippen LogP contribution in [-0.2, 0) is 9.59 Å². The summed E-state index contributed by atoms with van der Waals surface area (Å²) in [6.07, 6.45) is 0.228. The molecular weight excluding hydrogens is 458 g/mol. The Morgan fingerprint density at radius 3 is 2.53 bits per heavy atom. The maximum Gasteiger partial charge on any atom is 0.228 e. The van der Waals surface area contributed by atoms with Crippen LogP contribution in [0.15, 0.2) is 54.6 Å². The summed E-state index contributed by atoms with van der Waals surface area (Å²) < 4.78 is 5.27. The molecule has 5 rings (SSSR count). The molecule has 1 N–H and O–H groups in total. The number of amides is 2. The molecule has 4 heterocycles. The molecule has 1 unspecified atom stereocenters. The van der Waals surface area contributed by atoms with Crippen LogP contribution < -0.4 is 19.9 Å². The van der Waals surface area contributed by atoms with Crippen molar-refractivity contribution < 1.29 is 14.3 Å². The number of carbonyl (C=O) groups excluding carboxylic acids is 2. The Hall–Kier alpha value is -4.21. The molecule has 186 valence electrons. The molecule has 2 aromatic heterocycles. The number of nitrogens with one attached hydrogen (secondary N) is 1. The summed E-state index contributed by atoms with van der Waals surface area (Å²) in [6.45, 7) is 4.81. The fraction of sp³-hybridized carbons (Fsp3) is 0.346. The van der Waals surface area contributed by atoms with Crippen molar-refractivity contribution in [2.45, 2.75) is 13.3 Å². The van der Waals surface area contributed by atoms with E-state index < -0.39 is 0 Å². The lowest BCUT2D eigenvalue weighted by Crippen LogP contribution is -2.51. The molecule has 0 bridgehead atoms. The van der Waals surface area contributed by atoms with E-state index in [1.54, 1.807) is 12.0 Å². The van der Waals surface area contributed by atoms with Gasteiger partial charge in [-0.25, -0.2) is 4.98 Å². The standard InChI is InChI=1S/C26H29N7O3/c1-18-5-3-8-22(27-18)28-23-9-10-24(30-29-23)31-11-13-32(14-12-31)26(35)19-15-25(34)33(17-19)20-6-4-7-21(16-20)36-2/h3-10,16,19H,11-15,17H2,1-2H3,(H,27,28,29). The third kappa shape index (κ3) is 5.07. The van der Waals surface area contributed by atoms with Crippen LogP contribution in [0.2, 0.25) is 0 Å². The van der Waals surface area contributed by atoms with Crippen LogP contribution in [0.5, 0.6) is 5.75 Å². The van der Waals surface area contributed by atoms with Gasteiger partial charge in [-0.3, -0.25) is 9.59 Å². The highest BCUT2D eigenvalue weighted by Gasteiger charge is 2.38. The van der Waals surface area contributed by atoms with Crippen molar-refractivity contribution in [3.63, 3.8) is 0 Å². The van der Waals surface area contributed by atoms with Gasteiger partial charge in [-0.05, 0) is 43.3 Å². The van der Waals surface area contributed by atoms with Gasteiger partial charge in [-0.1, -0.05) is 12.1 Å². The van der Waals surface area contributed by atoms with Gasteiger partial charge in [0, 0.05) is 56.6 Å². The van der Waals surface area contributed by atoms with Crippen LogP contribution in [0.4, 0.5) is 23.1 Å². The molecule has 0 aliphatic carbocycles. The van der Waals surface area contributed by atoms with Gasteiger partial charge in [-0.2, -0.15) is 0 Å². The first-order valence-corrected chi connectivity index (χ1v) is 12.0. The predicted octanol–water partition coefficient (Wildman–Crippen LogP) is 2.63. The first kappa shape index (κ1) is 23.5. The number of ether oxygens (including phenoxy) is 1. The number of hydrogen-bond donors (Lipinski definition) is 1. The minimum Gasteiger partial charge on any atom is -0.497 e. The first-order valence-electron chi connectivity index (χ1n) is 12.0. The van der Waals surface area contributed by atoms with Gasteiger partial charge in [0.25, 0.3) is 0 Å². The zero-order chi connectivity index (χ0) is 25.1. The van der Waals surface area contributed by atoms with Gasteiger partial charge in [0.2, 0.25) is 11.8 Å². The van der Waals surface area contributed by atoms with Gasteiger partial charge in [0.05, 0.1) is 13.0 Å². The highest BCUT2D eigenvalue weighted by atomic mass is 16.5. The number of hydrogen-bond acceptors (Lipinski definition) is 8. The molecule has 2 fully saturated rings. The second-order valence-electron chi connectivity index (χ2n) is 8.99. The second kappa shape index (κ2) is 10.2. The Morgan fingerprint density at radius 1 is 1.00 bits per heavy atom. The lowest BCUT2D eigenvalue weighted by Gasteiger charge is -2.36. The summed E-state index contributed by atoms with van der Waals surface area (Å²) in [4.78, 5) is 35.9. The lowest BCUT2D eigenvalue weighted by molar-refractivity contribution is -0.136. The van der Waals surface area contributed by atoms with E-state index in [0.29, 0.717) is 44.3 Å². The van der Waals surface area contributed by atoms with Crippen LogP contribution >= 0.6 is 0 Å². The fourth-order valence-corrected chi connectivity index (χ4v) is 4.62. The zero-order valence-electron chi connectivity index (χ0n) is 20.4. The van der Waals surface area contributed by atoms with E-state index in [-0.39, 0.29) is 24.2 Å². The molecule has 2 aliphatic rings. The molecule has 3 aromatic rings. The Labute approximate surface area is 209 Å². The molecule has 0 radical (unpaired) electrons. The number of benzene rings is 1. The maximum absolute atomic E-state index is 13.2. The minimum atomic E-state index is -0.337. The van der Waals surface area contributed by atoms with E-state index in [0.717, 1.165) is 23.0 Å². The molecule has 0 spiro atoms. The molecule has 1 aromatic carbocycles. The van der Waals surface area contributed by atoms with Crippen molar-refractivity contribution in [3.8, 4) is 5.75 Å². The molecule has 1 atom stereocenters. The largest absolute Gasteiger partial charge is 0.497 e. The number of pyridine rings is 1. The van der Waals surface area contributed by atoms with E-state index in [4.69, 9.17) is 4.74 Å². The van der Waals surface area contributed by atoms with Crippen LogP contribution in [0, 0.1) is 12.8 Å². The van der Waals surface area contributed by atoms with E-state index in [9.17, 15) is 9.59 Å². The van der Waals surface area contributed by atoms with E-state index in [1.165, 1.54) is 0 Å². The van der Waals surface area contributed by atoms with Gasteiger partial charge in [0.1, 0.15) is 11.6 Å². The van der Waals surface area contributed by atoms with E-state index in [1.807, 2.05) is 66.4 Å². The molecule has 2 amide bonds. The highest BCUT2D eigenvalue weighted by Crippen LogP contribution is 2.29. The number of carbonyl (C=O) groups is 2. The average molecular weight is 488 g/mol. The smallest absolute Gasteiger partial charge is 0.228 e. The number of aryl methyl sites for hydroxylation is 1. The quantitative estimate of drug-likeness (QED) is 0.566. The zero-order valence-corrected chi connectivity index (χ0v) is 20.4. The first-order chi connectivity index (χ1) is 17.5. The van der Waals surface area contributed by atoms with Gasteiger partial charge in [0.15, 0.2) is 11.6 Å². The predicted molar refractivity (Wildman–Crippen MR) is 137 cm³/mol. The van der Waals surface area contributed by atoms with Crippen molar-refractivity contribution in [2.75, 3.05) is 55.0 Å². The molecule has 36 heavy (non-hydrogen) atoms. The number of aromatic nitrogens is 3. The van der Waals surface area contributed by atoms with Crippen molar-refractivity contribution in [1.82, 2.24) is 20.1 Å². The molecule has 10 heteroatoms. The Morgan fingerprint density at radius 2 is 1.81 bits per heavy atom. The van der Waals surface area contributed by atoms with Gasteiger partial charge < -0.3 is 24.8 Å². The third-order valence-corrected chi connectivity index (χ3v) is 6.55. The fourth-order valence-electron chi connectivity index (χ4n) is 4.62. The maximum atomic E-state index is 13.2. The van der Waals surface area contributed by atoms with Crippen molar-refractivity contribution >= 4 is 35.0 Å². The molecule has 2 aliphatic heterocycles. The van der Waals surface area contributed by atoms with Gasteiger partial charge >= 0.3 is 0 Å². The van der Waals surface area contributed by atoms with E-state index >= 15 is 0 Å². The minimum absolute atomic E-state index is 0.0321. The Kier molecular flexibility index (Phi) is 6.66. The van der Waals surface area contributed by atoms with E-state index in [2.05, 4.69) is 25.4 Å². The summed E-state index contributed by atoms with van der Waals surface area (Å²) >= 11 is 0.